The van der Waals surface area contributed by atoms with Gasteiger partial charge in [-0.15, -0.1) is 11.4 Å². The van der Waals surface area contributed by atoms with Gasteiger partial charge in [0.25, 0.3) is 0 Å². The molecular formula is C3H8B2. The van der Waals surface area contributed by atoms with E-state index in [9.17, 15) is 0 Å². The Morgan fingerprint density at radius 3 is 2.00 bits per heavy atom. The van der Waals surface area contributed by atoms with Crippen LogP contribution in [0.1, 0.15) is 6.92 Å². The lowest BCUT2D eigenvalue weighted by Gasteiger charge is -1.73. The summed E-state index contributed by atoms with van der Waals surface area (Å²) in [4.78, 5) is 0. The molecule has 0 aromatic rings. The molecule has 0 spiro atoms. The Kier molecular flexibility index (Phi) is 2.07. The van der Waals surface area contributed by atoms with Gasteiger partial charge in [0.15, 0.2) is 0 Å². The zero-order chi connectivity index (χ0) is 4.28. The second-order valence-electron chi connectivity index (χ2n) is 1.37. The van der Waals surface area contributed by atoms with Gasteiger partial charge in [0.2, 0.25) is 0 Å². The van der Waals surface area contributed by atoms with E-state index in [1.165, 1.54) is 5.47 Å². The third kappa shape index (κ3) is 3.87. The fourth-order valence-electron chi connectivity index (χ4n) is 0. The molecular weight excluding hydrogens is 57.7 g/mol. The van der Waals surface area contributed by atoms with Crippen molar-refractivity contribution in [2.75, 3.05) is 0 Å². The topological polar surface area (TPSA) is 0 Å². The number of hydrogen-bond acceptors (Lipinski definition) is 0. The summed E-state index contributed by atoms with van der Waals surface area (Å²) in [6, 6.07) is 0. The van der Waals surface area contributed by atoms with Crippen molar-refractivity contribution in [1.82, 2.24) is 0 Å². The first-order valence-corrected chi connectivity index (χ1v) is 1.87. The molecule has 0 amide bonds. The highest BCUT2D eigenvalue weighted by atomic mass is 13.5. The van der Waals surface area contributed by atoms with E-state index in [2.05, 4.69) is 20.7 Å². The van der Waals surface area contributed by atoms with Gasteiger partial charge in [0.1, 0.15) is 15.7 Å². The van der Waals surface area contributed by atoms with Gasteiger partial charge >= 0.3 is 0 Å². The molecule has 0 fully saturated rings. The Morgan fingerprint density at radius 1 is 1.80 bits per heavy atom. The van der Waals surface area contributed by atoms with E-state index in [0.717, 1.165) is 0 Å². The van der Waals surface area contributed by atoms with Crippen molar-refractivity contribution < 1.29 is 0 Å². The first kappa shape index (κ1) is 4.87. The molecule has 5 heavy (non-hydrogen) atoms. The largest absolute Gasteiger partial charge is 0.134 e. The number of rotatable bonds is 0. The summed E-state index contributed by atoms with van der Waals surface area (Å²) < 4.78 is 0. The Morgan fingerprint density at radius 2 is 2.00 bits per heavy atom. The predicted molar refractivity (Wildman–Crippen MR) is 30.8 cm³/mol. The molecule has 0 atom stereocenters. The third-order valence-corrected chi connectivity index (χ3v) is 0.577. The van der Waals surface area contributed by atoms with E-state index in [-0.39, 0.29) is 0 Å². The molecule has 0 aromatic heterocycles. The van der Waals surface area contributed by atoms with Crippen LogP contribution in [0.3, 0.4) is 0 Å². The lowest BCUT2D eigenvalue weighted by Crippen LogP contribution is -1.66. The first-order chi connectivity index (χ1) is 2.27. The number of hydrogen-bond donors (Lipinski definition) is 0. The van der Waals surface area contributed by atoms with E-state index in [4.69, 9.17) is 0 Å². The van der Waals surface area contributed by atoms with Gasteiger partial charge in [-0.25, -0.2) is 0 Å². The summed E-state index contributed by atoms with van der Waals surface area (Å²) in [6.07, 6.45) is 0. The van der Waals surface area contributed by atoms with Crippen molar-refractivity contribution in [2.45, 2.75) is 6.92 Å². The molecule has 0 saturated heterocycles. The summed E-state index contributed by atoms with van der Waals surface area (Å²) in [6.45, 7) is 2.08. The van der Waals surface area contributed by atoms with Gasteiger partial charge < -0.3 is 0 Å². The van der Waals surface area contributed by atoms with Crippen LogP contribution in [0, 0.1) is 0 Å². The Balaban J connectivity index is 3.14. The maximum absolute atomic E-state index is 2.08. The second kappa shape index (κ2) is 2.13. The van der Waals surface area contributed by atoms with Gasteiger partial charge in [-0.2, -0.15) is 0 Å². The van der Waals surface area contributed by atoms with Crippen LogP contribution in [-0.4, -0.2) is 15.7 Å². The fourth-order valence-corrected chi connectivity index (χ4v) is 0. The van der Waals surface area contributed by atoms with Gasteiger partial charge in [-0.05, 0) is 0 Å². The van der Waals surface area contributed by atoms with Crippen molar-refractivity contribution in [1.29, 1.82) is 0 Å². The molecule has 0 bridgehead atoms. The normalized spacial score (nSPS) is 11.8. The minimum atomic E-state index is 1.38. The molecule has 0 aliphatic carbocycles. The Hall–Kier alpha value is -0.130. The highest BCUT2D eigenvalue weighted by Crippen LogP contribution is 1.72. The lowest BCUT2D eigenvalue weighted by atomic mass is 9.91. The smallest absolute Gasteiger partial charge is 0.132 e. The maximum Gasteiger partial charge on any atom is 0.132 e. The summed E-state index contributed by atoms with van der Waals surface area (Å²) in [7, 11) is 4.12. The summed E-state index contributed by atoms with van der Waals surface area (Å²) in [5, 5.41) is 0. The van der Waals surface area contributed by atoms with Crippen LogP contribution >= 0.6 is 0 Å². The van der Waals surface area contributed by atoms with Gasteiger partial charge in [-0.1, -0.05) is 6.92 Å². The third-order valence-electron chi connectivity index (χ3n) is 0.577. The molecule has 26 valence electrons. The van der Waals surface area contributed by atoms with Crippen molar-refractivity contribution in [3.05, 3.63) is 11.4 Å². The Bertz CT molecular complexity index is 42.9. The highest BCUT2D eigenvalue weighted by Gasteiger charge is 1.62. The highest BCUT2D eigenvalue weighted by molar-refractivity contribution is 6.28. The summed E-state index contributed by atoms with van der Waals surface area (Å²) in [5.41, 5.74) is 1.38. The van der Waals surface area contributed by atoms with Crippen molar-refractivity contribution in [2.24, 2.45) is 0 Å². The Labute approximate surface area is 35.1 Å². The van der Waals surface area contributed by atoms with E-state index < -0.39 is 0 Å². The summed E-state index contributed by atoms with van der Waals surface area (Å²) in [5.74, 6) is 2.08. The van der Waals surface area contributed by atoms with E-state index in [0.29, 0.717) is 0 Å². The standard InChI is InChI=1S/C3H8B2/c1-3(5)2-4/h2H,4-5H2,1H3/b3-2-. The zero-order valence-corrected chi connectivity index (χ0v) is 4.08. The van der Waals surface area contributed by atoms with Crippen LogP contribution in [0.4, 0.5) is 0 Å². The molecule has 0 nitrogen and oxygen atoms in total. The van der Waals surface area contributed by atoms with Crippen molar-refractivity contribution in [3.8, 4) is 0 Å². The molecule has 0 N–H and O–H groups in total. The van der Waals surface area contributed by atoms with Crippen LogP contribution in [0.2, 0.25) is 0 Å². The second-order valence-corrected chi connectivity index (χ2v) is 1.37. The van der Waals surface area contributed by atoms with Crippen molar-refractivity contribution in [3.63, 3.8) is 0 Å². The van der Waals surface area contributed by atoms with Crippen molar-refractivity contribution >= 4 is 15.7 Å². The average molecular weight is 65.7 g/mol. The molecule has 0 radical (unpaired) electrons. The molecule has 0 aliphatic heterocycles. The van der Waals surface area contributed by atoms with Crippen LogP contribution in [0.25, 0.3) is 0 Å². The van der Waals surface area contributed by atoms with Crippen LogP contribution in [0.5, 0.6) is 0 Å². The van der Waals surface area contributed by atoms with E-state index in [1.807, 2.05) is 7.85 Å². The lowest BCUT2D eigenvalue weighted by molar-refractivity contribution is 1.70. The molecule has 0 saturated carbocycles. The zero-order valence-electron chi connectivity index (χ0n) is 4.08. The molecule has 0 aromatic carbocycles. The molecule has 0 unspecified atom stereocenters. The van der Waals surface area contributed by atoms with E-state index in [1.54, 1.807) is 0 Å². The molecule has 0 rings (SSSR count). The summed E-state index contributed by atoms with van der Waals surface area (Å²) >= 11 is 0. The fraction of sp³-hybridized carbons (Fsp3) is 0.333. The quantitative estimate of drug-likeness (QED) is 0.322. The van der Waals surface area contributed by atoms with E-state index >= 15 is 0 Å². The monoisotopic (exact) mass is 66.1 g/mol. The SMILES string of the molecule is B/C=C(\B)C. The van der Waals surface area contributed by atoms with Crippen LogP contribution < -0.4 is 0 Å². The first-order valence-electron chi connectivity index (χ1n) is 1.87. The minimum absolute atomic E-state index is 1.38. The predicted octanol–water partition coefficient (Wildman–Crippen LogP) is -0.886. The molecule has 0 aliphatic rings. The van der Waals surface area contributed by atoms with Gasteiger partial charge in [0.05, 0.1) is 0 Å². The average Bonchev–Trinajstić information content (AvgIpc) is 1.38. The molecule has 2 heteroatoms. The maximum atomic E-state index is 2.08. The van der Waals surface area contributed by atoms with Crippen LogP contribution in [-0.2, 0) is 0 Å². The minimum Gasteiger partial charge on any atom is -0.134 e. The van der Waals surface area contributed by atoms with Crippen LogP contribution in [0.15, 0.2) is 11.4 Å². The van der Waals surface area contributed by atoms with Gasteiger partial charge in [-0.3, -0.25) is 0 Å². The molecule has 0 heterocycles. The van der Waals surface area contributed by atoms with Gasteiger partial charge in [0, 0.05) is 0 Å². The number of allylic oxidation sites excluding steroid dienone is 1.